The molecule has 0 aliphatic heterocycles. The Hall–Kier alpha value is -0.170. The van der Waals surface area contributed by atoms with Crippen molar-refractivity contribution in [1.29, 1.82) is 0 Å². The second kappa shape index (κ2) is 7.17. The summed E-state index contributed by atoms with van der Waals surface area (Å²) in [5.41, 5.74) is 0. The van der Waals surface area contributed by atoms with Crippen molar-refractivity contribution in [2.75, 3.05) is 33.4 Å². The van der Waals surface area contributed by atoms with E-state index in [2.05, 4.69) is 10.0 Å². The molecule has 1 atom stereocenters. The highest BCUT2D eigenvalue weighted by Gasteiger charge is 2.18. The zero-order chi connectivity index (χ0) is 11.0. The number of nitrogens with one attached hydrogen (secondary N) is 2. The van der Waals surface area contributed by atoms with Crippen molar-refractivity contribution in [3.8, 4) is 0 Å². The molecule has 0 aromatic rings. The van der Waals surface area contributed by atoms with E-state index in [9.17, 15) is 8.42 Å². The van der Waals surface area contributed by atoms with E-state index < -0.39 is 15.3 Å². The number of hydrogen-bond acceptors (Lipinski definition) is 4. The van der Waals surface area contributed by atoms with Gasteiger partial charge in [0.25, 0.3) is 0 Å². The highest BCUT2D eigenvalue weighted by atomic mass is 32.2. The standard InChI is InChI=1S/C8H20N2O3S/c1-4-9-7-8(2)14(11,12)10-5-6-13-3/h8-10H,4-7H2,1-3H3. The summed E-state index contributed by atoms with van der Waals surface area (Å²) in [6.45, 7) is 5.59. The lowest BCUT2D eigenvalue weighted by molar-refractivity contribution is 0.204. The highest BCUT2D eigenvalue weighted by Crippen LogP contribution is 1.95. The van der Waals surface area contributed by atoms with Gasteiger partial charge in [-0.3, -0.25) is 0 Å². The molecule has 1 unspecified atom stereocenters. The molecule has 0 aliphatic rings. The molecule has 0 spiro atoms. The minimum atomic E-state index is -3.20. The molecule has 0 aromatic carbocycles. The summed E-state index contributed by atoms with van der Waals surface area (Å²) < 4.78 is 30.2. The molecular weight excluding hydrogens is 204 g/mol. The molecular formula is C8H20N2O3S. The van der Waals surface area contributed by atoms with Crippen LogP contribution in [0.25, 0.3) is 0 Å². The van der Waals surface area contributed by atoms with Gasteiger partial charge < -0.3 is 10.1 Å². The lowest BCUT2D eigenvalue weighted by atomic mass is 10.5. The van der Waals surface area contributed by atoms with E-state index in [-0.39, 0.29) is 0 Å². The van der Waals surface area contributed by atoms with Crippen LogP contribution in [0.1, 0.15) is 13.8 Å². The molecule has 86 valence electrons. The lowest BCUT2D eigenvalue weighted by Gasteiger charge is -2.13. The van der Waals surface area contributed by atoms with Gasteiger partial charge in [0.2, 0.25) is 10.0 Å². The Morgan fingerprint density at radius 3 is 2.57 bits per heavy atom. The van der Waals surface area contributed by atoms with Crippen molar-refractivity contribution in [2.45, 2.75) is 19.1 Å². The summed E-state index contributed by atoms with van der Waals surface area (Å²) in [4.78, 5) is 0. The van der Waals surface area contributed by atoms with Crippen LogP contribution in [0.15, 0.2) is 0 Å². The first-order chi connectivity index (χ1) is 6.54. The summed E-state index contributed by atoms with van der Waals surface area (Å²) in [7, 11) is -1.66. The van der Waals surface area contributed by atoms with Crippen LogP contribution in [-0.2, 0) is 14.8 Å². The predicted molar refractivity (Wildman–Crippen MR) is 56.8 cm³/mol. The average molecular weight is 224 g/mol. The number of rotatable bonds is 8. The van der Waals surface area contributed by atoms with Gasteiger partial charge in [-0.15, -0.1) is 0 Å². The Morgan fingerprint density at radius 2 is 2.07 bits per heavy atom. The van der Waals surface area contributed by atoms with E-state index in [1.54, 1.807) is 6.92 Å². The van der Waals surface area contributed by atoms with Crippen LogP contribution >= 0.6 is 0 Å². The fraction of sp³-hybridized carbons (Fsp3) is 1.00. The molecule has 0 bridgehead atoms. The van der Waals surface area contributed by atoms with Crippen LogP contribution in [-0.4, -0.2) is 47.0 Å². The van der Waals surface area contributed by atoms with Crippen molar-refractivity contribution in [2.24, 2.45) is 0 Å². The molecule has 14 heavy (non-hydrogen) atoms. The molecule has 2 N–H and O–H groups in total. The van der Waals surface area contributed by atoms with Crippen LogP contribution in [0.2, 0.25) is 0 Å². The molecule has 0 fully saturated rings. The molecule has 6 heteroatoms. The lowest BCUT2D eigenvalue weighted by Crippen LogP contribution is -2.40. The van der Waals surface area contributed by atoms with Gasteiger partial charge in [-0.25, -0.2) is 13.1 Å². The fourth-order valence-corrected chi connectivity index (χ4v) is 1.88. The summed E-state index contributed by atoms with van der Waals surface area (Å²) in [5, 5.41) is 2.58. The Morgan fingerprint density at radius 1 is 1.43 bits per heavy atom. The smallest absolute Gasteiger partial charge is 0.215 e. The second-order valence-corrected chi connectivity index (χ2v) is 5.23. The minimum Gasteiger partial charge on any atom is -0.383 e. The average Bonchev–Trinajstić information content (AvgIpc) is 2.14. The maximum atomic E-state index is 11.5. The van der Waals surface area contributed by atoms with Gasteiger partial charge in [0.15, 0.2) is 0 Å². The third-order valence-electron chi connectivity index (χ3n) is 1.82. The Kier molecular flexibility index (Phi) is 7.08. The molecule has 0 saturated carbocycles. The van der Waals surface area contributed by atoms with Crippen LogP contribution < -0.4 is 10.0 Å². The number of hydrogen-bond donors (Lipinski definition) is 2. The van der Waals surface area contributed by atoms with E-state index >= 15 is 0 Å². The summed E-state index contributed by atoms with van der Waals surface area (Å²) in [6, 6.07) is 0. The first-order valence-electron chi connectivity index (χ1n) is 4.72. The maximum Gasteiger partial charge on any atom is 0.215 e. The van der Waals surface area contributed by atoms with E-state index in [1.807, 2.05) is 6.92 Å². The van der Waals surface area contributed by atoms with Gasteiger partial charge >= 0.3 is 0 Å². The van der Waals surface area contributed by atoms with Crippen molar-refractivity contribution in [3.05, 3.63) is 0 Å². The van der Waals surface area contributed by atoms with E-state index in [0.29, 0.717) is 19.7 Å². The first-order valence-corrected chi connectivity index (χ1v) is 6.27. The third-order valence-corrected chi connectivity index (χ3v) is 3.65. The molecule has 0 heterocycles. The molecule has 0 radical (unpaired) electrons. The van der Waals surface area contributed by atoms with Crippen molar-refractivity contribution in [1.82, 2.24) is 10.0 Å². The van der Waals surface area contributed by atoms with Crippen molar-refractivity contribution in [3.63, 3.8) is 0 Å². The number of sulfonamides is 1. The molecule has 0 aromatic heterocycles. The monoisotopic (exact) mass is 224 g/mol. The third kappa shape index (κ3) is 5.54. The summed E-state index contributed by atoms with van der Waals surface area (Å²) >= 11 is 0. The predicted octanol–water partition coefficient (Wildman–Crippen LogP) is -0.450. The van der Waals surface area contributed by atoms with Crippen LogP contribution in [0, 0.1) is 0 Å². The molecule has 0 aliphatic carbocycles. The zero-order valence-electron chi connectivity index (χ0n) is 9.04. The number of ether oxygens (including phenoxy) is 1. The van der Waals surface area contributed by atoms with Crippen molar-refractivity contribution >= 4 is 10.0 Å². The minimum absolute atomic E-state index is 0.329. The van der Waals surface area contributed by atoms with Gasteiger partial charge in [0.05, 0.1) is 11.9 Å². The van der Waals surface area contributed by atoms with Gasteiger partial charge in [0, 0.05) is 20.2 Å². The van der Waals surface area contributed by atoms with Crippen molar-refractivity contribution < 1.29 is 13.2 Å². The Balaban J connectivity index is 3.91. The zero-order valence-corrected chi connectivity index (χ0v) is 9.86. The molecule has 0 amide bonds. The second-order valence-electron chi connectivity index (χ2n) is 3.05. The molecule has 0 rings (SSSR count). The van der Waals surface area contributed by atoms with Gasteiger partial charge in [0.1, 0.15) is 0 Å². The highest BCUT2D eigenvalue weighted by molar-refractivity contribution is 7.90. The maximum absolute atomic E-state index is 11.5. The van der Waals surface area contributed by atoms with Gasteiger partial charge in [-0.2, -0.15) is 0 Å². The molecule has 0 saturated heterocycles. The van der Waals surface area contributed by atoms with E-state index in [0.717, 1.165) is 6.54 Å². The normalized spacial score (nSPS) is 14.2. The van der Waals surface area contributed by atoms with Gasteiger partial charge in [-0.05, 0) is 13.5 Å². The Labute approximate surface area is 86.3 Å². The summed E-state index contributed by atoms with van der Waals surface area (Å²) in [5.74, 6) is 0. The first kappa shape index (κ1) is 13.8. The molecule has 5 nitrogen and oxygen atoms in total. The topological polar surface area (TPSA) is 67.4 Å². The van der Waals surface area contributed by atoms with Gasteiger partial charge in [-0.1, -0.05) is 6.92 Å². The quantitative estimate of drug-likeness (QED) is 0.548. The van der Waals surface area contributed by atoms with E-state index in [1.165, 1.54) is 7.11 Å². The van der Waals surface area contributed by atoms with Crippen LogP contribution in [0.3, 0.4) is 0 Å². The Bertz CT molecular complexity index is 229. The van der Waals surface area contributed by atoms with E-state index in [4.69, 9.17) is 4.74 Å². The summed E-state index contributed by atoms with van der Waals surface area (Å²) in [6.07, 6.45) is 0. The largest absolute Gasteiger partial charge is 0.383 e. The van der Waals surface area contributed by atoms with Crippen LogP contribution in [0.5, 0.6) is 0 Å². The fourth-order valence-electron chi connectivity index (χ4n) is 0.886. The number of methoxy groups -OCH3 is 1. The SMILES string of the molecule is CCNCC(C)S(=O)(=O)NCCOC. The van der Waals surface area contributed by atoms with Crippen LogP contribution in [0.4, 0.5) is 0 Å².